The maximum absolute atomic E-state index is 13.0. The first-order chi connectivity index (χ1) is 15.8. The quantitative estimate of drug-likeness (QED) is 0.173. The number of benzene rings is 3. The second-order valence-corrected chi connectivity index (χ2v) is 10.1. The van der Waals surface area contributed by atoms with Crippen molar-refractivity contribution < 1.29 is 19.1 Å². The van der Waals surface area contributed by atoms with Crippen LogP contribution in [0, 0.1) is 0 Å². The predicted molar refractivity (Wildman–Crippen MR) is 136 cm³/mol. The zero-order valence-electron chi connectivity index (χ0n) is 16.8. The number of halogens is 3. The van der Waals surface area contributed by atoms with Crippen LogP contribution in [0.3, 0.4) is 0 Å². The van der Waals surface area contributed by atoms with Gasteiger partial charge in [0.1, 0.15) is 5.75 Å². The van der Waals surface area contributed by atoms with E-state index in [9.17, 15) is 14.4 Å². The Morgan fingerprint density at radius 3 is 2.58 bits per heavy atom. The van der Waals surface area contributed by atoms with Crippen molar-refractivity contribution in [2.24, 2.45) is 0 Å². The molecule has 0 radical (unpaired) electrons. The number of ether oxygens (including phenoxy) is 1. The molecule has 5 nitrogen and oxygen atoms in total. The molecule has 0 bridgehead atoms. The van der Waals surface area contributed by atoms with Crippen LogP contribution < -0.4 is 4.74 Å². The smallest absolute Gasteiger partial charge is 0.343 e. The number of carbonyl (C=O) groups excluding carboxylic acids is 3. The second kappa shape index (κ2) is 10.3. The highest BCUT2D eigenvalue weighted by atomic mass is 79.9. The number of thioether (sulfide) groups is 1. The summed E-state index contributed by atoms with van der Waals surface area (Å²) >= 11 is 13.6. The van der Waals surface area contributed by atoms with Gasteiger partial charge in [-0.2, -0.15) is 0 Å². The Labute approximate surface area is 216 Å². The van der Waals surface area contributed by atoms with Crippen LogP contribution in [0.25, 0.3) is 6.08 Å². The summed E-state index contributed by atoms with van der Waals surface area (Å²) in [5, 5.41) is 0.0497. The Hall–Kier alpha value is -2.39. The fraction of sp³-hybridized carbons (Fsp3) is 0.0417. The van der Waals surface area contributed by atoms with Crippen molar-refractivity contribution in [3.05, 3.63) is 102 Å². The second-order valence-electron chi connectivity index (χ2n) is 6.94. The van der Waals surface area contributed by atoms with Gasteiger partial charge in [-0.05, 0) is 65.9 Å². The van der Waals surface area contributed by atoms with Crippen LogP contribution in [0.4, 0.5) is 4.79 Å². The average Bonchev–Trinajstić information content (AvgIpc) is 3.04. The fourth-order valence-corrected chi connectivity index (χ4v) is 4.88. The Balaban J connectivity index is 1.60. The molecule has 2 amide bonds. The summed E-state index contributed by atoms with van der Waals surface area (Å²) in [5.74, 6) is -0.745. The van der Waals surface area contributed by atoms with Gasteiger partial charge in [-0.1, -0.05) is 67.7 Å². The molecule has 0 aromatic heterocycles. The highest BCUT2D eigenvalue weighted by Crippen LogP contribution is 2.36. The lowest BCUT2D eigenvalue weighted by atomic mass is 10.1. The zero-order valence-corrected chi connectivity index (χ0v) is 21.5. The van der Waals surface area contributed by atoms with Crippen LogP contribution in [0.15, 0.2) is 80.6 Å². The molecule has 1 fully saturated rings. The summed E-state index contributed by atoms with van der Waals surface area (Å²) in [6.45, 7) is 0.151. The van der Waals surface area contributed by atoms with E-state index < -0.39 is 11.9 Å². The van der Waals surface area contributed by atoms with E-state index in [1.165, 1.54) is 11.0 Å². The number of esters is 1. The number of carbonyl (C=O) groups is 3. The SMILES string of the molecule is O=C(Oc1ccc(Br)cc1/C=C1\SC(=O)N(Cc2ccccc2Br)C1=O)c1cccc(Cl)c1. The number of imide groups is 1. The summed E-state index contributed by atoms with van der Waals surface area (Å²) in [5.41, 5.74) is 1.59. The minimum Gasteiger partial charge on any atom is -0.422 e. The Kier molecular flexibility index (Phi) is 7.38. The van der Waals surface area contributed by atoms with E-state index in [2.05, 4.69) is 31.9 Å². The van der Waals surface area contributed by atoms with Crippen LogP contribution in [-0.4, -0.2) is 22.0 Å². The molecule has 0 atom stereocenters. The van der Waals surface area contributed by atoms with Gasteiger partial charge in [0.25, 0.3) is 11.1 Å². The van der Waals surface area contributed by atoms with E-state index in [-0.39, 0.29) is 22.4 Å². The van der Waals surface area contributed by atoms with E-state index in [0.717, 1.165) is 26.3 Å². The summed E-state index contributed by atoms with van der Waals surface area (Å²) in [7, 11) is 0. The molecule has 1 aliphatic heterocycles. The van der Waals surface area contributed by atoms with Gasteiger partial charge in [-0.15, -0.1) is 0 Å². The molecule has 1 heterocycles. The molecule has 0 saturated carbocycles. The van der Waals surface area contributed by atoms with Crippen molar-refractivity contribution in [3.63, 3.8) is 0 Å². The number of hydrogen-bond donors (Lipinski definition) is 0. The summed E-state index contributed by atoms with van der Waals surface area (Å²) in [4.78, 5) is 39.6. The van der Waals surface area contributed by atoms with E-state index in [1.807, 2.05) is 24.3 Å². The van der Waals surface area contributed by atoms with Crippen LogP contribution in [0.5, 0.6) is 5.75 Å². The number of hydrogen-bond acceptors (Lipinski definition) is 5. The Bertz CT molecular complexity index is 1310. The van der Waals surface area contributed by atoms with E-state index in [0.29, 0.717) is 16.1 Å². The van der Waals surface area contributed by atoms with Crippen LogP contribution in [0.2, 0.25) is 5.02 Å². The van der Waals surface area contributed by atoms with Gasteiger partial charge in [0.2, 0.25) is 0 Å². The molecule has 3 aromatic carbocycles. The van der Waals surface area contributed by atoms with Crippen molar-refractivity contribution in [2.45, 2.75) is 6.54 Å². The van der Waals surface area contributed by atoms with E-state index >= 15 is 0 Å². The maximum atomic E-state index is 13.0. The topological polar surface area (TPSA) is 63.7 Å². The Morgan fingerprint density at radius 2 is 1.82 bits per heavy atom. The molecule has 3 aromatic rings. The molecule has 33 heavy (non-hydrogen) atoms. The van der Waals surface area contributed by atoms with Crippen molar-refractivity contribution in [2.75, 3.05) is 0 Å². The minimum atomic E-state index is -0.587. The third kappa shape index (κ3) is 5.58. The Morgan fingerprint density at radius 1 is 1.03 bits per heavy atom. The van der Waals surface area contributed by atoms with Crippen molar-refractivity contribution in [3.8, 4) is 5.75 Å². The molecular weight excluding hydrogens is 594 g/mol. The normalized spacial score (nSPS) is 14.8. The van der Waals surface area contributed by atoms with Gasteiger partial charge in [0.05, 0.1) is 17.0 Å². The van der Waals surface area contributed by atoms with Gasteiger partial charge in [-0.25, -0.2) is 4.79 Å². The lowest BCUT2D eigenvalue weighted by Crippen LogP contribution is -2.27. The molecule has 0 spiro atoms. The lowest BCUT2D eigenvalue weighted by molar-refractivity contribution is -0.123. The van der Waals surface area contributed by atoms with Gasteiger partial charge in [-0.3, -0.25) is 14.5 Å². The van der Waals surface area contributed by atoms with Gasteiger partial charge in [0, 0.05) is 19.5 Å². The highest BCUT2D eigenvalue weighted by molar-refractivity contribution is 9.10. The summed E-state index contributed by atoms with van der Waals surface area (Å²) in [6.07, 6.45) is 1.55. The third-order valence-corrected chi connectivity index (χ3v) is 7.09. The average molecular weight is 608 g/mol. The van der Waals surface area contributed by atoms with E-state index in [1.54, 1.807) is 42.5 Å². The molecule has 1 aliphatic rings. The molecular formula is C24H14Br2ClNO4S. The number of rotatable bonds is 5. The minimum absolute atomic E-state index is 0.151. The lowest BCUT2D eigenvalue weighted by Gasteiger charge is -2.13. The van der Waals surface area contributed by atoms with Gasteiger partial charge < -0.3 is 4.74 Å². The first-order valence-corrected chi connectivity index (χ1v) is 12.4. The summed E-state index contributed by atoms with van der Waals surface area (Å²) in [6, 6.07) is 18.9. The molecule has 0 aliphatic carbocycles. The third-order valence-electron chi connectivity index (χ3n) is 4.68. The fourth-order valence-electron chi connectivity index (χ4n) is 3.07. The van der Waals surface area contributed by atoms with Gasteiger partial charge >= 0.3 is 5.97 Å². The van der Waals surface area contributed by atoms with E-state index in [4.69, 9.17) is 16.3 Å². The number of nitrogens with zero attached hydrogens (tertiary/aromatic N) is 1. The molecule has 4 rings (SSSR count). The van der Waals surface area contributed by atoms with Gasteiger partial charge in [0.15, 0.2) is 0 Å². The molecule has 0 unspecified atom stereocenters. The molecule has 166 valence electrons. The summed E-state index contributed by atoms with van der Waals surface area (Å²) < 4.78 is 7.10. The largest absolute Gasteiger partial charge is 0.422 e. The standard InChI is InChI=1S/C24H14Br2ClNO4S/c25-17-8-9-20(32-23(30)14-5-3-6-18(27)11-14)16(10-17)12-21-22(29)28(24(31)33-21)13-15-4-1-2-7-19(15)26/h1-12H,13H2/b21-12-. The molecule has 0 N–H and O–H groups in total. The highest BCUT2D eigenvalue weighted by Gasteiger charge is 2.35. The molecule has 1 saturated heterocycles. The first-order valence-electron chi connectivity index (χ1n) is 9.58. The van der Waals surface area contributed by atoms with Crippen molar-refractivity contribution >= 4 is 78.4 Å². The first kappa shape index (κ1) is 23.8. The maximum Gasteiger partial charge on any atom is 0.343 e. The molecule has 9 heteroatoms. The van der Waals surface area contributed by atoms with Crippen LogP contribution in [-0.2, 0) is 11.3 Å². The van der Waals surface area contributed by atoms with Crippen LogP contribution >= 0.6 is 55.2 Å². The monoisotopic (exact) mass is 605 g/mol. The zero-order chi connectivity index (χ0) is 23.5. The predicted octanol–water partition coefficient (Wildman–Crippen LogP) is 7.32. The number of amides is 2. The van der Waals surface area contributed by atoms with Crippen molar-refractivity contribution in [1.29, 1.82) is 0 Å². The van der Waals surface area contributed by atoms with Crippen molar-refractivity contribution in [1.82, 2.24) is 4.90 Å². The van der Waals surface area contributed by atoms with Crippen LogP contribution in [0.1, 0.15) is 21.5 Å².